The van der Waals surface area contributed by atoms with Crippen molar-refractivity contribution in [1.29, 1.82) is 0 Å². The summed E-state index contributed by atoms with van der Waals surface area (Å²) in [5.74, 6) is 0.738. The van der Waals surface area contributed by atoms with Crippen LogP contribution in [0.5, 0.6) is 5.75 Å². The third kappa shape index (κ3) is 3.69. The molecule has 3 rings (SSSR count). The highest BCUT2D eigenvalue weighted by Gasteiger charge is 2.26. The van der Waals surface area contributed by atoms with Gasteiger partial charge in [0.15, 0.2) is 5.69 Å². The normalized spacial score (nSPS) is 15.6. The van der Waals surface area contributed by atoms with Crippen molar-refractivity contribution < 1.29 is 9.53 Å². The number of nitrogens with zero attached hydrogens (tertiary/aromatic N) is 4. The van der Waals surface area contributed by atoms with E-state index in [0.29, 0.717) is 11.7 Å². The fourth-order valence-electron chi connectivity index (χ4n) is 3.30. The van der Waals surface area contributed by atoms with Crippen molar-refractivity contribution in [2.75, 3.05) is 34.3 Å². The molecule has 1 aliphatic heterocycles. The van der Waals surface area contributed by atoms with E-state index in [4.69, 9.17) is 4.74 Å². The van der Waals surface area contributed by atoms with Crippen LogP contribution in [0.15, 0.2) is 30.5 Å². The molecule has 6 nitrogen and oxygen atoms in total. The summed E-state index contributed by atoms with van der Waals surface area (Å²) in [6.45, 7) is 3.58. The third-order valence-electron chi connectivity index (χ3n) is 4.87. The van der Waals surface area contributed by atoms with E-state index in [-0.39, 0.29) is 5.91 Å². The zero-order chi connectivity index (χ0) is 18.0. The molecule has 1 aromatic heterocycles. The standard InChI is InChI=1S/C19H26N4O2/c1-14-5-6-18(25-4)17(13-14)23-12-9-16(20-23)19(24)22-10-7-15(8-11-22)21(2)3/h5-6,9,12-13,15H,7-8,10-11H2,1-4H3. The van der Waals surface area contributed by atoms with Crippen LogP contribution in [0, 0.1) is 6.92 Å². The van der Waals surface area contributed by atoms with Crippen molar-refractivity contribution >= 4 is 5.91 Å². The Labute approximate surface area is 149 Å². The predicted molar refractivity (Wildman–Crippen MR) is 97.5 cm³/mol. The number of amides is 1. The summed E-state index contributed by atoms with van der Waals surface area (Å²) >= 11 is 0. The number of likely N-dealkylation sites (tertiary alicyclic amines) is 1. The average molecular weight is 342 g/mol. The summed E-state index contributed by atoms with van der Waals surface area (Å²) in [4.78, 5) is 16.9. The molecule has 0 unspecified atom stereocenters. The highest BCUT2D eigenvalue weighted by Crippen LogP contribution is 2.24. The summed E-state index contributed by atoms with van der Waals surface area (Å²) in [5, 5.41) is 4.49. The van der Waals surface area contributed by atoms with Crippen LogP contribution in [0.3, 0.4) is 0 Å². The molecule has 0 spiro atoms. The lowest BCUT2D eigenvalue weighted by molar-refractivity contribution is 0.0657. The number of benzene rings is 1. The monoisotopic (exact) mass is 342 g/mol. The molecule has 0 atom stereocenters. The number of aromatic nitrogens is 2. The number of carbonyl (C=O) groups excluding carboxylic acids is 1. The Morgan fingerprint density at radius 1 is 1.24 bits per heavy atom. The second-order valence-corrected chi connectivity index (χ2v) is 6.81. The highest BCUT2D eigenvalue weighted by molar-refractivity contribution is 5.92. The number of hydrogen-bond acceptors (Lipinski definition) is 4. The number of methoxy groups -OCH3 is 1. The van der Waals surface area contributed by atoms with Crippen molar-refractivity contribution in [3.05, 3.63) is 41.7 Å². The van der Waals surface area contributed by atoms with Crippen molar-refractivity contribution in [1.82, 2.24) is 19.6 Å². The van der Waals surface area contributed by atoms with Crippen LogP contribution in [-0.2, 0) is 0 Å². The molecule has 6 heteroatoms. The molecule has 1 amide bonds. The lowest BCUT2D eigenvalue weighted by Crippen LogP contribution is -2.44. The van der Waals surface area contributed by atoms with Gasteiger partial charge in [-0.25, -0.2) is 4.68 Å². The molecule has 134 valence electrons. The first-order chi connectivity index (χ1) is 12.0. The lowest BCUT2D eigenvalue weighted by Gasteiger charge is -2.34. The van der Waals surface area contributed by atoms with Crippen molar-refractivity contribution in [2.24, 2.45) is 0 Å². The summed E-state index contributed by atoms with van der Waals surface area (Å²) in [7, 11) is 5.83. The summed E-state index contributed by atoms with van der Waals surface area (Å²) < 4.78 is 7.13. The van der Waals surface area contributed by atoms with E-state index in [1.54, 1.807) is 17.9 Å². The van der Waals surface area contributed by atoms with Crippen LogP contribution in [-0.4, -0.2) is 65.8 Å². The van der Waals surface area contributed by atoms with E-state index >= 15 is 0 Å². The van der Waals surface area contributed by atoms with Crippen molar-refractivity contribution in [3.8, 4) is 11.4 Å². The number of carbonyl (C=O) groups is 1. The SMILES string of the molecule is COc1ccc(C)cc1-n1ccc(C(=O)N2CCC(N(C)C)CC2)n1. The quantitative estimate of drug-likeness (QED) is 0.856. The first kappa shape index (κ1) is 17.5. The maximum Gasteiger partial charge on any atom is 0.274 e. The van der Waals surface area contributed by atoms with Gasteiger partial charge in [0.05, 0.1) is 7.11 Å². The maximum atomic E-state index is 12.7. The molecule has 0 bridgehead atoms. The van der Waals surface area contributed by atoms with Crippen LogP contribution < -0.4 is 4.74 Å². The van der Waals surface area contributed by atoms with Gasteiger partial charge in [-0.05, 0) is 57.6 Å². The van der Waals surface area contributed by atoms with Gasteiger partial charge in [0.1, 0.15) is 11.4 Å². The molecule has 1 aromatic carbocycles. The largest absolute Gasteiger partial charge is 0.494 e. The molecule has 0 radical (unpaired) electrons. The average Bonchev–Trinajstić information content (AvgIpc) is 3.11. The Balaban J connectivity index is 1.76. The minimum absolute atomic E-state index is 0.00239. The highest BCUT2D eigenvalue weighted by atomic mass is 16.5. The van der Waals surface area contributed by atoms with Gasteiger partial charge in [0, 0.05) is 25.3 Å². The molecule has 0 aliphatic carbocycles. The van der Waals surface area contributed by atoms with Crippen LogP contribution in [0.4, 0.5) is 0 Å². The van der Waals surface area contributed by atoms with E-state index in [1.165, 1.54) is 0 Å². The van der Waals surface area contributed by atoms with Gasteiger partial charge in [-0.1, -0.05) is 6.07 Å². The molecule has 1 fully saturated rings. The fraction of sp³-hybridized carbons (Fsp3) is 0.474. The van der Waals surface area contributed by atoms with Gasteiger partial charge in [-0.2, -0.15) is 5.10 Å². The number of ether oxygens (including phenoxy) is 1. The zero-order valence-electron chi connectivity index (χ0n) is 15.4. The Kier molecular flexibility index (Phi) is 5.08. The van der Waals surface area contributed by atoms with E-state index < -0.39 is 0 Å². The predicted octanol–water partition coefficient (Wildman–Crippen LogP) is 2.36. The van der Waals surface area contributed by atoms with Crippen molar-refractivity contribution in [2.45, 2.75) is 25.8 Å². The molecule has 2 heterocycles. The van der Waals surface area contributed by atoms with Gasteiger partial charge < -0.3 is 14.5 Å². The van der Waals surface area contributed by atoms with Gasteiger partial charge in [0.2, 0.25) is 0 Å². The second kappa shape index (κ2) is 7.27. The Morgan fingerprint density at radius 2 is 1.96 bits per heavy atom. The Bertz CT molecular complexity index is 746. The van der Waals surface area contributed by atoms with Crippen LogP contribution in [0.25, 0.3) is 5.69 Å². The van der Waals surface area contributed by atoms with E-state index in [1.807, 2.05) is 36.2 Å². The summed E-state index contributed by atoms with van der Waals surface area (Å²) in [6.07, 6.45) is 3.83. The van der Waals surface area contributed by atoms with Crippen molar-refractivity contribution in [3.63, 3.8) is 0 Å². The van der Waals surface area contributed by atoms with E-state index in [2.05, 4.69) is 24.1 Å². The summed E-state index contributed by atoms with van der Waals surface area (Å²) in [5.41, 5.74) is 2.43. The molecule has 0 N–H and O–H groups in total. The fourth-order valence-corrected chi connectivity index (χ4v) is 3.30. The summed E-state index contributed by atoms with van der Waals surface area (Å²) in [6, 6.07) is 8.25. The van der Waals surface area contributed by atoms with Gasteiger partial charge in [0.25, 0.3) is 5.91 Å². The Hall–Kier alpha value is -2.34. The molecular formula is C19H26N4O2. The second-order valence-electron chi connectivity index (χ2n) is 6.81. The van der Waals surface area contributed by atoms with Crippen LogP contribution in [0.1, 0.15) is 28.9 Å². The first-order valence-corrected chi connectivity index (χ1v) is 8.66. The number of hydrogen-bond donors (Lipinski definition) is 0. The molecule has 1 aliphatic rings. The molecule has 25 heavy (non-hydrogen) atoms. The maximum absolute atomic E-state index is 12.7. The van der Waals surface area contributed by atoms with Gasteiger partial charge in [-0.3, -0.25) is 4.79 Å². The number of rotatable bonds is 4. The van der Waals surface area contributed by atoms with Crippen LogP contribution >= 0.6 is 0 Å². The molecule has 1 saturated heterocycles. The minimum Gasteiger partial charge on any atom is -0.494 e. The van der Waals surface area contributed by atoms with E-state index in [9.17, 15) is 4.79 Å². The smallest absolute Gasteiger partial charge is 0.274 e. The molecule has 2 aromatic rings. The topological polar surface area (TPSA) is 50.6 Å². The first-order valence-electron chi connectivity index (χ1n) is 8.66. The lowest BCUT2D eigenvalue weighted by atomic mass is 10.0. The van der Waals surface area contributed by atoms with E-state index in [0.717, 1.165) is 42.9 Å². The number of aryl methyl sites for hydroxylation is 1. The minimum atomic E-state index is 0.00239. The molecule has 0 saturated carbocycles. The third-order valence-corrected chi connectivity index (χ3v) is 4.87. The molecular weight excluding hydrogens is 316 g/mol. The van der Waals surface area contributed by atoms with Gasteiger partial charge >= 0.3 is 0 Å². The number of piperidine rings is 1. The van der Waals surface area contributed by atoms with Gasteiger partial charge in [-0.15, -0.1) is 0 Å². The van der Waals surface area contributed by atoms with Crippen LogP contribution in [0.2, 0.25) is 0 Å². The zero-order valence-corrected chi connectivity index (χ0v) is 15.4. The Morgan fingerprint density at radius 3 is 2.60 bits per heavy atom.